The number of methoxy groups -OCH3 is 1. The molecule has 1 aliphatic rings. The van der Waals surface area contributed by atoms with Crippen LogP contribution in [0, 0.1) is 0 Å². The molecule has 3 nitrogen and oxygen atoms in total. The van der Waals surface area contributed by atoms with Crippen LogP contribution in [0.15, 0.2) is 60.7 Å². The summed E-state index contributed by atoms with van der Waals surface area (Å²) in [5, 5.41) is 6.90. The molecule has 1 aliphatic carbocycles. The van der Waals surface area contributed by atoms with Gasteiger partial charge >= 0.3 is 0 Å². The van der Waals surface area contributed by atoms with Crippen LogP contribution in [0.3, 0.4) is 0 Å². The molecule has 0 radical (unpaired) electrons. The fourth-order valence-corrected chi connectivity index (χ4v) is 4.44. The van der Waals surface area contributed by atoms with Crippen molar-refractivity contribution in [3.63, 3.8) is 0 Å². The highest BCUT2D eigenvalue weighted by Crippen LogP contribution is 2.43. The molecule has 0 saturated heterocycles. The van der Waals surface area contributed by atoms with Crippen molar-refractivity contribution in [3.05, 3.63) is 71.1 Å². The van der Waals surface area contributed by atoms with Gasteiger partial charge in [0, 0.05) is 27.9 Å². The molecule has 0 fully saturated rings. The predicted octanol–water partition coefficient (Wildman–Crippen LogP) is 5.62. The minimum atomic E-state index is 0.906. The molecule has 3 aromatic carbocycles. The zero-order valence-electron chi connectivity index (χ0n) is 13.7. The van der Waals surface area contributed by atoms with Crippen LogP contribution < -0.4 is 10.1 Å². The molecule has 0 amide bonds. The highest BCUT2D eigenvalue weighted by molar-refractivity contribution is 7.16. The van der Waals surface area contributed by atoms with Crippen molar-refractivity contribution in [3.8, 4) is 17.0 Å². The second kappa shape index (κ2) is 5.60. The monoisotopic (exact) mass is 344 g/mol. The first-order valence-electron chi connectivity index (χ1n) is 8.23. The molecular formula is C21H16N2OS. The molecule has 1 aromatic heterocycles. The molecule has 0 bridgehead atoms. The van der Waals surface area contributed by atoms with E-state index in [1.807, 2.05) is 6.07 Å². The zero-order chi connectivity index (χ0) is 16.8. The average Bonchev–Trinajstić information content (AvgIpc) is 3.18. The molecule has 1 heterocycles. The Hall–Kier alpha value is -2.85. The molecule has 4 heteroatoms. The summed E-state index contributed by atoms with van der Waals surface area (Å²) >= 11 is 1.73. The van der Waals surface area contributed by atoms with E-state index in [-0.39, 0.29) is 0 Å². The molecule has 0 spiro atoms. The maximum absolute atomic E-state index is 5.33. The fraction of sp³-hybridized carbons (Fsp3) is 0.0952. The number of ether oxygens (including phenoxy) is 1. The van der Waals surface area contributed by atoms with E-state index in [0.29, 0.717) is 0 Å². The van der Waals surface area contributed by atoms with Crippen molar-refractivity contribution in [1.82, 2.24) is 4.98 Å². The summed E-state index contributed by atoms with van der Waals surface area (Å²) in [7, 11) is 1.71. The van der Waals surface area contributed by atoms with E-state index >= 15 is 0 Å². The van der Waals surface area contributed by atoms with Crippen molar-refractivity contribution < 1.29 is 4.74 Å². The molecule has 0 aliphatic heterocycles. The lowest BCUT2D eigenvalue weighted by Crippen LogP contribution is -1.91. The van der Waals surface area contributed by atoms with Crippen molar-refractivity contribution >= 4 is 32.9 Å². The van der Waals surface area contributed by atoms with Gasteiger partial charge < -0.3 is 10.1 Å². The largest absolute Gasteiger partial charge is 0.497 e. The summed E-state index contributed by atoms with van der Waals surface area (Å²) in [6, 6.07) is 20.9. The van der Waals surface area contributed by atoms with Crippen LogP contribution in [-0.2, 0) is 6.42 Å². The van der Waals surface area contributed by atoms with Crippen LogP contribution in [0.2, 0.25) is 0 Å². The van der Waals surface area contributed by atoms with Crippen molar-refractivity contribution in [2.24, 2.45) is 0 Å². The average molecular weight is 344 g/mol. The molecule has 122 valence electrons. The van der Waals surface area contributed by atoms with Crippen LogP contribution in [0.1, 0.15) is 10.4 Å². The number of benzene rings is 3. The van der Waals surface area contributed by atoms with Gasteiger partial charge in [0.05, 0.1) is 12.8 Å². The van der Waals surface area contributed by atoms with Crippen LogP contribution >= 0.6 is 11.3 Å². The summed E-state index contributed by atoms with van der Waals surface area (Å²) in [5.41, 5.74) is 4.72. The normalized spacial score (nSPS) is 12.0. The summed E-state index contributed by atoms with van der Waals surface area (Å²) in [6.45, 7) is 0. The third kappa shape index (κ3) is 2.37. The number of thiazole rings is 1. The van der Waals surface area contributed by atoms with Gasteiger partial charge in [-0.15, -0.1) is 11.3 Å². The third-order valence-corrected chi connectivity index (χ3v) is 5.62. The number of nitrogens with one attached hydrogen (secondary N) is 1. The first-order chi connectivity index (χ1) is 12.3. The standard InChI is InChI=1S/C21H16N2OS/c1-24-15-9-10-17-14(11-15)12-19-20(17)23-21(25-19)22-18-8-4-6-13-5-2-3-7-16(13)18/h2-11H,12H2,1H3,(H,22,23). The summed E-state index contributed by atoms with van der Waals surface area (Å²) in [6.07, 6.45) is 0.927. The van der Waals surface area contributed by atoms with E-state index in [1.165, 1.54) is 26.8 Å². The van der Waals surface area contributed by atoms with Crippen LogP contribution in [0.4, 0.5) is 10.8 Å². The van der Waals surface area contributed by atoms with Crippen molar-refractivity contribution in [1.29, 1.82) is 0 Å². The molecule has 1 N–H and O–H groups in total. The van der Waals surface area contributed by atoms with Gasteiger partial charge in [0.15, 0.2) is 5.13 Å². The third-order valence-electron chi connectivity index (χ3n) is 4.65. The van der Waals surface area contributed by atoms with Crippen LogP contribution in [0.25, 0.3) is 22.0 Å². The Bertz CT molecular complexity index is 1090. The molecule has 25 heavy (non-hydrogen) atoms. The van der Waals surface area contributed by atoms with E-state index in [9.17, 15) is 0 Å². The number of hydrogen-bond donors (Lipinski definition) is 1. The van der Waals surface area contributed by atoms with Crippen LogP contribution in [0.5, 0.6) is 5.75 Å². The topological polar surface area (TPSA) is 34.1 Å². The summed E-state index contributed by atoms with van der Waals surface area (Å²) in [4.78, 5) is 6.17. The quantitative estimate of drug-likeness (QED) is 0.461. The summed E-state index contributed by atoms with van der Waals surface area (Å²) < 4.78 is 5.33. The van der Waals surface area contributed by atoms with Gasteiger partial charge in [0.2, 0.25) is 0 Å². The Morgan fingerprint density at radius 1 is 1.04 bits per heavy atom. The van der Waals surface area contributed by atoms with Gasteiger partial charge in [-0.1, -0.05) is 36.4 Å². The fourth-order valence-electron chi connectivity index (χ4n) is 3.43. The van der Waals surface area contributed by atoms with Gasteiger partial charge in [-0.05, 0) is 35.2 Å². The van der Waals surface area contributed by atoms with E-state index in [4.69, 9.17) is 9.72 Å². The maximum Gasteiger partial charge on any atom is 0.188 e. The van der Waals surface area contributed by atoms with Gasteiger partial charge in [0.25, 0.3) is 0 Å². The maximum atomic E-state index is 5.33. The second-order valence-electron chi connectivity index (χ2n) is 6.14. The van der Waals surface area contributed by atoms with E-state index in [1.54, 1.807) is 18.4 Å². The number of anilines is 2. The lowest BCUT2D eigenvalue weighted by Gasteiger charge is -2.07. The van der Waals surface area contributed by atoms with Gasteiger partial charge in [-0.3, -0.25) is 0 Å². The Labute approximate surface area is 149 Å². The van der Waals surface area contributed by atoms with Gasteiger partial charge in [0.1, 0.15) is 5.75 Å². The highest BCUT2D eigenvalue weighted by Gasteiger charge is 2.24. The Morgan fingerprint density at radius 3 is 2.84 bits per heavy atom. The van der Waals surface area contributed by atoms with Crippen molar-refractivity contribution in [2.45, 2.75) is 6.42 Å². The SMILES string of the molecule is COc1ccc2c(c1)Cc1sc(Nc3cccc4ccccc34)nc1-2. The first kappa shape index (κ1) is 14.5. The lowest BCUT2D eigenvalue weighted by atomic mass is 10.1. The number of rotatable bonds is 3. The highest BCUT2D eigenvalue weighted by atomic mass is 32.1. The van der Waals surface area contributed by atoms with E-state index in [0.717, 1.165) is 28.7 Å². The molecule has 5 rings (SSSR count). The number of aromatic nitrogens is 1. The number of hydrogen-bond acceptors (Lipinski definition) is 4. The molecule has 0 saturated carbocycles. The molecule has 0 atom stereocenters. The molecule has 0 unspecified atom stereocenters. The Morgan fingerprint density at radius 2 is 1.92 bits per heavy atom. The predicted molar refractivity (Wildman–Crippen MR) is 104 cm³/mol. The molecule has 4 aromatic rings. The number of nitrogens with zero attached hydrogens (tertiary/aromatic N) is 1. The van der Waals surface area contributed by atoms with Gasteiger partial charge in [-0.2, -0.15) is 0 Å². The first-order valence-corrected chi connectivity index (χ1v) is 9.05. The minimum absolute atomic E-state index is 0.906. The summed E-state index contributed by atoms with van der Waals surface area (Å²) in [5.74, 6) is 0.906. The Balaban J connectivity index is 1.51. The second-order valence-corrected chi connectivity index (χ2v) is 7.23. The minimum Gasteiger partial charge on any atom is -0.497 e. The smallest absolute Gasteiger partial charge is 0.188 e. The van der Waals surface area contributed by atoms with Crippen LogP contribution in [-0.4, -0.2) is 12.1 Å². The molecular weight excluding hydrogens is 328 g/mol. The Kier molecular flexibility index (Phi) is 3.25. The van der Waals surface area contributed by atoms with Crippen molar-refractivity contribution in [2.75, 3.05) is 12.4 Å². The number of fused-ring (bicyclic) bond motifs is 4. The lowest BCUT2D eigenvalue weighted by molar-refractivity contribution is 0.414. The zero-order valence-corrected chi connectivity index (χ0v) is 14.6. The van der Waals surface area contributed by atoms with E-state index < -0.39 is 0 Å². The van der Waals surface area contributed by atoms with E-state index in [2.05, 4.69) is 59.9 Å². The van der Waals surface area contributed by atoms with Gasteiger partial charge in [-0.25, -0.2) is 4.98 Å².